The first-order chi connectivity index (χ1) is 24.1. The predicted octanol–water partition coefficient (Wildman–Crippen LogP) is 0.967. The second-order valence-electron chi connectivity index (χ2n) is 14.4. The fourth-order valence-electron chi connectivity index (χ4n) is 8.88. The number of benzene rings is 2. The summed E-state index contributed by atoms with van der Waals surface area (Å²) in [7, 11) is 3.36. The van der Waals surface area contributed by atoms with Crippen molar-refractivity contribution in [1.82, 2.24) is 20.2 Å². The fraction of sp³-hybridized carbons (Fsp3) is 0.514. The minimum absolute atomic E-state index is 0.0794. The number of amides is 3. The van der Waals surface area contributed by atoms with E-state index in [1.807, 2.05) is 36.4 Å². The molecule has 0 unspecified atom stereocenters. The summed E-state index contributed by atoms with van der Waals surface area (Å²) in [6.45, 7) is 0.359. The van der Waals surface area contributed by atoms with Gasteiger partial charge in [0.25, 0.3) is 0 Å². The van der Waals surface area contributed by atoms with Gasteiger partial charge in [0.15, 0.2) is 11.8 Å². The van der Waals surface area contributed by atoms with Crippen LogP contribution in [-0.2, 0) is 57.6 Å². The van der Waals surface area contributed by atoms with E-state index in [9.17, 15) is 19.5 Å². The highest BCUT2D eigenvalue weighted by molar-refractivity contribution is 5.96. The van der Waals surface area contributed by atoms with Gasteiger partial charge in [0.2, 0.25) is 17.7 Å². The molecule has 2 N–H and O–H groups in total. The Labute approximate surface area is 290 Å². The summed E-state index contributed by atoms with van der Waals surface area (Å²) in [6.07, 6.45) is 2.51. The lowest BCUT2D eigenvalue weighted by atomic mass is 9.62. The number of hydrogen-bond acceptors (Lipinski definition) is 10. The van der Waals surface area contributed by atoms with Gasteiger partial charge in [-0.15, -0.1) is 0 Å². The molecule has 264 valence electrons. The molecule has 0 aromatic heterocycles. The third kappa shape index (κ3) is 5.34. The van der Waals surface area contributed by atoms with Crippen LogP contribution in [0.1, 0.15) is 41.5 Å². The van der Waals surface area contributed by atoms with E-state index in [2.05, 4.69) is 17.4 Å². The number of aliphatic hydroxyl groups excluding tert-OH is 1. The second-order valence-corrected chi connectivity index (χ2v) is 14.4. The molecule has 1 spiro atoms. The molecule has 1 saturated carbocycles. The Morgan fingerprint density at radius 2 is 1.82 bits per heavy atom. The highest BCUT2D eigenvalue weighted by Crippen LogP contribution is 2.59. The average molecular weight is 687 g/mol. The largest absolute Gasteiger partial charge is 0.458 e. The van der Waals surface area contributed by atoms with E-state index in [0.29, 0.717) is 32.2 Å². The van der Waals surface area contributed by atoms with Gasteiger partial charge in [-0.25, -0.2) is 0 Å². The van der Waals surface area contributed by atoms with E-state index in [1.54, 1.807) is 30.1 Å². The quantitative estimate of drug-likeness (QED) is 0.304. The maximum Gasteiger partial charge on any atom is 0.327 e. The Bertz CT molecular complexity index is 1720. The standard InChI is InChI=1S/C37H42N4O9/c1-39(2)28(43)13-12-22-7-5-8-23(17-22)21-41-31-34(45)47-27-20-37(31,35(46)40-15-6-11-26(40)33(44)38-14-16-42)32(50-41)30-29(27)48-36(49-30)18-24-9-3-4-10-25(24)19-36/h3-5,7-10,12-13,17,26-27,29-32,42H,6,11,14-16,18-21H2,1-2H3,(H,38,44)/t26-,27-,29+,30+,31+,32-,37+/m1/s1. The molecule has 4 saturated heterocycles. The molecule has 13 heteroatoms. The number of carbonyl (C=O) groups excluding carboxylic acids is 4. The number of likely N-dealkylation sites (tertiary alicyclic amines) is 1. The van der Waals surface area contributed by atoms with E-state index in [0.717, 1.165) is 22.3 Å². The highest BCUT2D eigenvalue weighted by Gasteiger charge is 2.77. The molecule has 13 nitrogen and oxygen atoms in total. The smallest absolute Gasteiger partial charge is 0.327 e. The Morgan fingerprint density at radius 3 is 2.56 bits per heavy atom. The number of nitrogens with zero attached hydrogens (tertiary/aromatic N) is 3. The summed E-state index contributed by atoms with van der Waals surface area (Å²) < 4.78 is 19.7. The Kier molecular flexibility index (Phi) is 8.30. The lowest BCUT2D eigenvalue weighted by Crippen LogP contribution is -2.70. The molecule has 2 aromatic rings. The topological polar surface area (TPSA) is 147 Å². The van der Waals surface area contributed by atoms with Crippen LogP contribution in [0.4, 0.5) is 0 Å². The van der Waals surface area contributed by atoms with Crippen LogP contribution in [0.25, 0.3) is 6.08 Å². The van der Waals surface area contributed by atoms with Crippen molar-refractivity contribution in [3.63, 3.8) is 0 Å². The van der Waals surface area contributed by atoms with Crippen LogP contribution >= 0.6 is 0 Å². The number of rotatable bonds is 8. The second kappa shape index (κ2) is 12.6. The van der Waals surface area contributed by atoms with Crippen molar-refractivity contribution in [3.05, 3.63) is 76.9 Å². The summed E-state index contributed by atoms with van der Waals surface area (Å²) >= 11 is 0. The first-order valence-electron chi connectivity index (χ1n) is 17.4. The van der Waals surface area contributed by atoms with Crippen LogP contribution in [0, 0.1) is 5.41 Å². The molecule has 7 atom stereocenters. The number of hydrogen-bond donors (Lipinski definition) is 2. The Balaban J connectivity index is 1.15. The summed E-state index contributed by atoms with van der Waals surface area (Å²) in [5, 5.41) is 13.6. The molecule has 2 aromatic carbocycles. The number of carbonyl (C=O) groups is 4. The number of fused-ring (bicyclic) bond motifs is 5. The zero-order chi connectivity index (χ0) is 34.8. The Hall–Kier alpha value is -4.14. The van der Waals surface area contributed by atoms with Gasteiger partial charge < -0.3 is 34.4 Å². The van der Waals surface area contributed by atoms with Crippen molar-refractivity contribution >= 4 is 29.8 Å². The van der Waals surface area contributed by atoms with Crippen molar-refractivity contribution in [1.29, 1.82) is 0 Å². The number of hydroxylamine groups is 2. The van der Waals surface area contributed by atoms with Gasteiger partial charge in [-0.2, -0.15) is 5.06 Å². The Morgan fingerprint density at radius 1 is 1.06 bits per heavy atom. The van der Waals surface area contributed by atoms with Crippen molar-refractivity contribution < 1.29 is 43.3 Å². The number of nitrogens with one attached hydrogen (secondary N) is 1. The molecule has 5 fully saturated rings. The number of esters is 1. The molecule has 0 radical (unpaired) electrons. The lowest BCUT2D eigenvalue weighted by molar-refractivity contribution is -0.218. The maximum atomic E-state index is 15.1. The van der Waals surface area contributed by atoms with E-state index < -0.39 is 53.7 Å². The van der Waals surface area contributed by atoms with Crippen molar-refractivity contribution in [3.8, 4) is 0 Å². The molecule has 6 aliphatic rings. The fourth-order valence-corrected chi connectivity index (χ4v) is 8.88. The third-order valence-electron chi connectivity index (χ3n) is 11.1. The summed E-state index contributed by atoms with van der Waals surface area (Å²) in [5.74, 6) is -2.39. The van der Waals surface area contributed by atoms with E-state index in [4.69, 9.17) is 19.0 Å². The molecule has 3 amide bonds. The van der Waals surface area contributed by atoms with E-state index in [-0.39, 0.29) is 43.8 Å². The highest BCUT2D eigenvalue weighted by atomic mass is 16.8. The zero-order valence-electron chi connectivity index (χ0n) is 28.2. The van der Waals surface area contributed by atoms with Crippen LogP contribution in [0.15, 0.2) is 54.6 Å². The molecule has 4 aliphatic heterocycles. The van der Waals surface area contributed by atoms with Gasteiger partial charge >= 0.3 is 5.97 Å². The maximum absolute atomic E-state index is 15.1. The first kappa shape index (κ1) is 33.0. The van der Waals surface area contributed by atoms with Crippen LogP contribution in [-0.4, -0.2) is 120 Å². The number of likely N-dealkylation sites (N-methyl/N-ethyl adjacent to an activating group) is 1. The van der Waals surface area contributed by atoms with Gasteiger partial charge in [0, 0.05) is 52.5 Å². The van der Waals surface area contributed by atoms with Crippen LogP contribution in [0.2, 0.25) is 0 Å². The minimum Gasteiger partial charge on any atom is -0.458 e. The SMILES string of the molecule is CN(C)C(=O)C=Cc1cccc(CN2O[C@@H]3[C@H]4OC5(Cc6ccccc6C5)O[C@H]4[C@H]4C[C@]3(C(=O)N3CCC[C@@H]3C(=O)NCCO)[C@@H]2C(=O)O4)c1. The van der Waals surface area contributed by atoms with E-state index >= 15 is 4.79 Å². The summed E-state index contributed by atoms with van der Waals surface area (Å²) in [5.41, 5.74) is 2.43. The molecule has 2 aliphatic carbocycles. The molecule has 50 heavy (non-hydrogen) atoms. The van der Waals surface area contributed by atoms with Crippen LogP contribution in [0.5, 0.6) is 0 Å². The summed E-state index contributed by atoms with van der Waals surface area (Å²) in [6, 6.07) is 13.8. The van der Waals surface area contributed by atoms with Gasteiger partial charge in [0.05, 0.1) is 13.2 Å². The van der Waals surface area contributed by atoms with Crippen LogP contribution < -0.4 is 5.32 Å². The third-order valence-corrected chi connectivity index (χ3v) is 11.1. The van der Waals surface area contributed by atoms with Gasteiger partial charge in [0.1, 0.15) is 35.9 Å². The normalized spacial score (nSPS) is 31.9. The van der Waals surface area contributed by atoms with Crippen molar-refractivity contribution in [2.45, 2.75) is 80.9 Å². The van der Waals surface area contributed by atoms with Crippen molar-refractivity contribution in [2.24, 2.45) is 5.41 Å². The molecule has 2 bridgehead atoms. The number of ether oxygens (including phenoxy) is 3. The molecule has 8 rings (SSSR count). The average Bonchev–Trinajstić information content (AvgIpc) is 3.89. The zero-order valence-corrected chi connectivity index (χ0v) is 28.2. The molecular formula is C37H42N4O9. The van der Waals surface area contributed by atoms with Gasteiger partial charge in [-0.05, 0) is 41.2 Å². The molecule has 4 heterocycles. The number of aliphatic hydroxyl groups is 1. The van der Waals surface area contributed by atoms with Crippen LogP contribution in [0.3, 0.4) is 0 Å². The van der Waals surface area contributed by atoms with Gasteiger partial charge in [-0.1, -0.05) is 48.5 Å². The monoisotopic (exact) mass is 686 g/mol. The summed E-state index contributed by atoms with van der Waals surface area (Å²) in [4.78, 5) is 64.5. The van der Waals surface area contributed by atoms with Gasteiger partial charge in [-0.3, -0.25) is 24.0 Å². The molecular weight excluding hydrogens is 644 g/mol. The minimum atomic E-state index is -1.41. The van der Waals surface area contributed by atoms with Crippen molar-refractivity contribution in [2.75, 3.05) is 33.8 Å². The van der Waals surface area contributed by atoms with E-state index in [1.165, 1.54) is 11.0 Å². The lowest BCUT2D eigenvalue weighted by Gasteiger charge is -2.50. The first-order valence-corrected chi connectivity index (χ1v) is 17.4. The predicted molar refractivity (Wildman–Crippen MR) is 176 cm³/mol.